The zero-order chi connectivity index (χ0) is 19.1. The number of aryl methyl sites for hydroxylation is 1. The third kappa shape index (κ3) is 3.07. The van der Waals surface area contributed by atoms with Crippen molar-refractivity contribution in [1.82, 2.24) is 14.6 Å². The molecule has 0 saturated heterocycles. The third-order valence-electron chi connectivity index (χ3n) is 3.84. The topological polar surface area (TPSA) is 76.5 Å². The number of hydrogen-bond donors (Lipinski definition) is 1. The molecule has 0 amide bonds. The van der Waals surface area contributed by atoms with E-state index in [4.69, 9.17) is 4.74 Å². The Hall–Kier alpha value is -3.10. The summed E-state index contributed by atoms with van der Waals surface area (Å²) in [7, 11) is 0. The van der Waals surface area contributed by atoms with Crippen molar-refractivity contribution in [2.24, 2.45) is 0 Å². The Morgan fingerprint density at radius 1 is 1.31 bits per heavy atom. The number of fused-ring (bicyclic) bond motifs is 1. The number of benzene rings is 1. The van der Waals surface area contributed by atoms with Gasteiger partial charge in [0.15, 0.2) is 5.65 Å². The minimum Gasteiger partial charge on any atom is -0.462 e. The number of halogens is 3. The first kappa shape index (κ1) is 17.7. The Kier molecular flexibility index (Phi) is 4.31. The summed E-state index contributed by atoms with van der Waals surface area (Å²) >= 11 is 0. The SMILES string of the molecule is CCOC(=O)c1cnn2c(=O)cc(-c3ccc(C(F)(F)F)c(C)c3)[nH]c12. The fraction of sp³-hybridized carbons (Fsp3) is 0.235. The lowest BCUT2D eigenvalue weighted by atomic mass is 10.0. The predicted molar refractivity (Wildman–Crippen MR) is 86.9 cm³/mol. The zero-order valence-electron chi connectivity index (χ0n) is 13.8. The molecule has 0 radical (unpaired) electrons. The number of aromatic amines is 1. The highest BCUT2D eigenvalue weighted by Crippen LogP contribution is 2.33. The molecule has 6 nitrogen and oxygen atoms in total. The molecule has 0 unspecified atom stereocenters. The van der Waals surface area contributed by atoms with Gasteiger partial charge in [-0.25, -0.2) is 4.79 Å². The minimum atomic E-state index is -4.46. The second kappa shape index (κ2) is 6.32. The number of aromatic nitrogens is 3. The van der Waals surface area contributed by atoms with Gasteiger partial charge in [0.1, 0.15) is 5.56 Å². The summed E-state index contributed by atoms with van der Waals surface area (Å²) in [5, 5.41) is 3.84. The van der Waals surface area contributed by atoms with E-state index in [9.17, 15) is 22.8 Å². The monoisotopic (exact) mass is 365 g/mol. The van der Waals surface area contributed by atoms with Gasteiger partial charge in [-0.3, -0.25) is 4.79 Å². The summed E-state index contributed by atoms with van der Waals surface area (Å²) in [5.41, 5.74) is -0.424. The molecule has 3 aromatic rings. The summed E-state index contributed by atoms with van der Waals surface area (Å²) < 4.78 is 44.6. The van der Waals surface area contributed by atoms with Crippen LogP contribution in [0.4, 0.5) is 13.2 Å². The molecule has 0 spiro atoms. The van der Waals surface area contributed by atoms with E-state index in [-0.39, 0.29) is 29.1 Å². The zero-order valence-corrected chi connectivity index (χ0v) is 13.8. The molecular formula is C17H14F3N3O3. The number of rotatable bonds is 3. The number of esters is 1. The first-order chi connectivity index (χ1) is 12.2. The van der Waals surface area contributed by atoms with Crippen LogP contribution >= 0.6 is 0 Å². The molecule has 2 heterocycles. The number of alkyl halides is 3. The minimum absolute atomic E-state index is 0.0230. The second-order valence-electron chi connectivity index (χ2n) is 5.59. The van der Waals surface area contributed by atoms with Crippen molar-refractivity contribution in [3.05, 3.63) is 57.5 Å². The van der Waals surface area contributed by atoms with Gasteiger partial charge in [-0.1, -0.05) is 6.07 Å². The second-order valence-corrected chi connectivity index (χ2v) is 5.59. The van der Waals surface area contributed by atoms with Crippen LogP contribution in [0.3, 0.4) is 0 Å². The highest BCUT2D eigenvalue weighted by Gasteiger charge is 2.32. The lowest BCUT2D eigenvalue weighted by molar-refractivity contribution is -0.138. The van der Waals surface area contributed by atoms with Crippen LogP contribution in [0.5, 0.6) is 0 Å². The van der Waals surface area contributed by atoms with Crippen molar-refractivity contribution in [1.29, 1.82) is 0 Å². The van der Waals surface area contributed by atoms with Gasteiger partial charge in [0.2, 0.25) is 0 Å². The van der Waals surface area contributed by atoms with E-state index in [0.29, 0.717) is 5.56 Å². The maximum Gasteiger partial charge on any atom is 0.416 e. The van der Waals surface area contributed by atoms with Gasteiger partial charge >= 0.3 is 12.1 Å². The Balaban J connectivity index is 2.14. The van der Waals surface area contributed by atoms with Gasteiger partial charge in [-0.15, -0.1) is 0 Å². The highest BCUT2D eigenvalue weighted by molar-refractivity contribution is 5.95. The Morgan fingerprint density at radius 2 is 2.04 bits per heavy atom. The van der Waals surface area contributed by atoms with Crippen molar-refractivity contribution in [2.45, 2.75) is 20.0 Å². The Bertz CT molecular complexity index is 1050. The van der Waals surface area contributed by atoms with E-state index >= 15 is 0 Å². The number of H-pyrrole nitrogens is 1. The summed E-state index contributed by atoms with van der Waals surface area (Å²) in [6.07, 6.45) is -3.25. The van der Waals surface area contributed by atoms with E-state index in [2.05, 4.69) is 10.1 Å². The highest BCUT2D eigenvalue weighted by atomic mass is 19.4. The first-order valence-corrected chi connectivity index (χ1v) is 7.68. The van der Waals surface area contributed by atoms with Gasteiger partial charge in [0, 0.05) is 6.07 Å². The Morgan fingerprint density at radius 3 is 2.65 bits per heavy atom. The molecule has 0 bridgehead atoms. The number of carbonyl (C=O) groups excluding carboxylic acids is 1. The number of nitrogens with one attached hydrogen (secondary N) is 1. The molecule has 1 aromatic carbocycles. The summed E-state index contributed by atoms with van der Waals surface area (Å²) in [6, 6.07) is 4.75. The van der Waals surface area contributed by atoms with Crippen LogP contribution in [0, 0.1) is 6.92 Å². The first-order valence-electron chi connectivity index (χ1n) is 7.68. The normalized spacial score (nSPS) is 11.7. The molecule has 136 valence electrons. The van der Waals surface area contributed by atoms with Crippen LogP contribution in [-0.4, -0.2) is 27.2 Å². The number of ether oxygens (including phenoxy) is 1. The largest absolute Gasteiger partial charge is 0.462 e. The Labute approximate surface area is 145 Å². The molecule has 0 fully saturated rings. The van der Waals surface area contributed by atoms with Gasteiger partial charge in [0.25, 0.3) is 5.56 Å². The average Bonchev–Trinajstić information content (AvgIpc) is 2.98. The molecule has 0 aliphatic carbocycles. The summed E-state index contributed by atoms with van der Waals surface area (Å²) in [4.78, 5) is 27.1. The van der Waals surface area contributed by atoms with Crippen LogP contribution in [0.1, 0.15) is 28.4 Å². The fourth-order valence-electron chi connectivity index (χ4n) is 2.65. The van der Waals surface area contributed by atoms with Gasteiger partial charge in [0.05, 0.1) is 24.1 Å². The van der Waals surface area contributed by atoms with E-state index < -0.39 is 23.3 Å². The maximum absolute atomic E-state index is 12.9. The molecule has 1 N–H and O–H groups in total. The summed E-state index contributed by atoms with van der Waals surface area (Å²) in [5.74, 6) is -0.654. The quantitative estimate of drug-likeness (QED) is 0.723. The molecule has 0 saturated carbocycles. The molecule has 2 aromatic heterocycles. The molecule has 9 heteroatoms. The van der Waals surface area contributed by atoms with Crippen molar-refractivity contribution in [3.8, 4) is 11.3 Å². The van der Waals surface area contributed by atoms with Crippen molar-refractivity contribution < 1.29 is 22.7 Å². The number of nitrogens with zero attached hydrogens (tertiary/aromatic N) is 2. The van der Waals surface area contributed by atoms with Crippen molar-refractivity contribution in [3.63, 3.8) is 0 Å². The van der Waals surface area contributed by atoms with Crippen LogP contribution < -0.4 is 5.56 Å². The molecule has 0 aliphatic rings. The fourth-order valence-corrected chi connectivity index (χ4v) is 2.65. The molecular weight excluding hydrogens is 351 g/mol. The van der Waals surface area contributed by atoms with Crippen molar-refractivity contribution in [2.75, 3.05) is 6.61 Å². The van der Waals surface area contributed by atoms with Gasteiger partial charge in [-0.05, 0) is 37.1 Å². The average molecular weight is 365 g/mol. The van der Waals surface area contributed by atoms with Crippen LogP contribution in [0.15, 0.2) is 35.3 Å². The van der Waals surface area contributed by atoms with Gasteiger partial charge < -0.3 is 9.72 Å². The number of hydrogen-bond acceptors (Lipinski definition) is 4. The van der Waals surface area contributed by atoms with E-state index in [1.54, 1.807) is 6.92 Å². The predicted octanol–water partition coefficient (Wildman–Crippen LogP) is 3.19. The van der Waals surface area contributed by atoms with E-state index in [1.165, 1.54) is 31.3 Å². The smallest absolute Gasteiger partial charge is 0.416 e. The maximum atomic E-state index is 12.9. The van der Waals surface area contributed by atoms with Crippen LogP contribution in [0.2, 0.25) is 0 Å². The third-order valence-corrected chi connectivity index (χ3v) is 3.84. The molecule has 26 heavy (non-hydrogen) atoms. The van der Waals surface area contributed by atoms with Crippen LogP contribution in [0.25, 0.3) is 16.9 Å². The molecule has 0 aliphatic heterocycles. The molecule has 3 rings (SSSR count). The standard InChI is InChI=1S/C17H14F3N3O3/c1-3-26-16(25)11-8-21-23-14(24)7-13(22-15(11)23)10-4-5-12(9(2)6-10)17(18,19)20/h4-8,22H,3H2,1-2H3. The van der Waals surface area contributed by atoms with Crippen LogP contribution in [-0.2, 0) is 10.9 Å². The lowest BCUT2D eigenvalue weighted by Gasteiger charge is -2.12. The molecule has 0 atom stereocenters. The number of carbonyl (C=O) groups is 1. The lowest BCUT2D eigenvalue weighted by Crippen LogP contribution is -2.15. The van der Waals surface area contributed by atoms with E-state index in [0.717, 1.165) is 10.6 Å². The van der Waals surface area contributed by atoms with Gasteiger partial charge in [-0.2, -0.15) is 22.8 Å². The van der Waals surface area contributed by atoms with Crippen molar-refractivity contribution >= 4 is 11.6 Å². The van der Waals surface area contributed by atoms with E-state index in [1.807, 2.05) is 0 Å². The summed E-state index contributed by atoms with van der Waals surface area (Å²) in [6.45, 7) is 3.13.